The molecule has 1 nitrogen and oxygen atoms in total. The predicted molar refractivity (Wildman–Crippen MR) is 81.5 cm³/mol. The van der Waals surface area contributed by atoms with Gasteiger partial charge in [0, 0.05) is 20.1 Å². The van der Waals surface area contributed by atoms with Gasteiger partial charge in [0.25, 0.3) is 0 Å². The van der Waals surface area contributed by atoms with E-state index in [2.05, 4.69) is 31.9 Å². The standard InChI is InChI=1S/C15H9Br2F3O/c1-8-4-10(15(18,19)20)2-3-13(8)14(21)9-5-11(16)7-12(17)6-9/h2-7H,1H3. The second kappa shape index (κ2) is 5.93. The molecule has 0 aliphatic rings. The Morgan fingerprint density at radius 1 is 1.00 bits per heavy atom. The van der Waals surface area contributed by atoms with Gasteiger partial charge in [-0.25, -0.2) is 0 Å². The lowest BCUT2D eigenvalue weighted by Crippen LogP contribution is -2.09. The summed E-state index contributed by atoms with van der Waals surface area (Å²) < 4.78 is 39.3. The van der Waals surface area contributed by atoms with E-state index >= 15 is 0 Å². The molecule has 0 saturated heterocycles. The lowest BCUT2D eigenvalue weighted by molar-refractivity contribution is -0.137. The number of halogens is 5. The van der Waals surface area contributed by atoms with Crippen LogP contribution in [0.4, 0.5) is 13.2 Å². The van der Waals surface area contributed by atoms with Gasteiger partial charge in [0.2, 0.25) is 0 Å². The van der Waals surface area contributed by atoms with E-state index < -0.39 is 11.7 Å². The maximum Gasteiger partial charge on any atom is 0.416 e. The molecule has 0 aliphatic heterocycles. The summed E-state index contributed by atoms with van der Waals surface area (Å²) in [7, 11) is 0. The lowest BCUT2D eigenvalue weighted by Gasteiger charge is -2.11. The Morgan fingerprint density at radius 2 is 1.57 bits per heavy atom. The van der Waals surface area contributed by atoms with Crippen molar-refractivity contribution in [3.05, 3.63) is 67.6 Å². The SMILES string of the molecule is Cc1cc(C(F)(F)F)ccc1C(=O)c1cc(Br)cc(Br)c1. The topological polar surface area (TPSA) is 17.1 Å². The molecule has 2 aromatic carbocycles. The molecule has 6 heteroatoms. The minimum atomic E-state index is -4.41. The van der Waals surface area contributed by atoms with E-state index in [4.69, 9.17) is 0 Å². The third kappa shape index (κ3) is 3.74. The summed E-state index contributed by atoms with van der Waals surface area (Å²) in [5, 5.41) is 0. The number of carbonyl (C=O) groups is 1. The Morgan fingerprint density at radius 3 is 2.05 bits per heavy atom. The van der Waals surface area contributed by atoms with Crippen LogP contribution in [0.25, 0.3) is 0 Å². The molecular formula is C15H9Br2F3O. The Hall–Kier alpha value is -1.14. The van der Waals surface area contributed by atoms with Crippen molar-refractivity contribution in [3.63, 3.8) is 0 Å². The minimum Gasteiger partial charge on any atom is -0.289 e. The number of ketones is 1. The van der Waals surface area contributed by atoms with Crippen molar-refractivity contribution in [2.45, 2.75) is 13.1 Å². The predicted octanol–water partition coefficient (Wildman–Crippen LogP) is 5.77. The number of hydrogen-bond donors (Lipinski definition) is 0. The van der Waals surface area contributed by atoms with E-state index in [0.29, 0.717) is 20.1 Å². The van der Waals surface area contributed by atoms with Crippen LogP contribution in [0.3, 0.4) is 0 Å². The molecule has 0 unspecified atom stereocenters. The molecule has 0 atom stereocenters. The van der Waals surface area contributed by atoms with Gasteiger partial charge < -0.3 is 0 Å². The number of alkyl halides is 3. The molecule has 0 fully saturated rings. The molecule has 0 spiro atoms. The average molecular weight is 422 g/mol. The Balaban J connectivity index is 2.44. The van der Waals surface area contributed by atoms with Crippen LogP contribution in [-0.2, 0) is 6.18 Å². The highest BCUT2D eigenvalue weighted by atomic mass is 79.9. The Labute approximate surface area is 136 Å². The lowest BCUT2D eigenvalue weighted by atomic mass is 9.97. The highest BCUT2D eigenvalue weighted by Crippen LogP contribution is 2.31. The molecule has 0 N–H and O–H groups in total. The first kappa shape index (κ1) is 16.2. The molecule has 0 bridgehead atoms. The third-order valence-corrected chi connectivity index (χ3v) is 3.84. The van der Waals surface area contributed by atoms with Gasteiger partial charge in [-0.15, -0.1) is 0 Å². The molecular weight excluding hydrogens is 413 g/mol. The second-order valence-corrected chi connectivity index (χ2v) is 6.35. The number of carbonyl (C=O) groups excluding carboxylic acids is 1. The first-order valence-electron chi connectivity index (χ1n) is 5.87. The molecule has 110 valence electrons. The van der Waals surface area contributed by atoms with Crippen molar-refractivity contribution in [2.75, 3.05) is 0 Å². The zero-order valence-corrected chi connectivity index (χ0v) is 13.9. The summed E-state index contributed by atoms with van der Waals surface area (Å²) in [5.74, 6) is -0.316. The Bertz CT molecular complexity index is 688. The van der Waals surface area contributed by atoms with Gasteiger partial charge in [0.15, 0.2) is 5.78 Å². The molecule has 0 saturated carbocycles. The summed E-state index contributed by atoms with van der Waals surface area (Å²) in [4.78, 5) is 12.4. The summed E-state index contributed by atoms with van der Waals surface area (Å²) in [6.45, 7) is 1.50. The maximum absolute atomic E-state index is 12.6. The highest BCUT2D eigenvalue weighted by Gasteiger charge is 2.31. The van der Waals surface area contributed by atoms with Gasteiger partial charge in [-0.1, -0.05) is 37.9 Å². The second-order valence-electron chi connectivity index (χ2n) is 4.51. The van der Waals surface area contributed by atoms with Gasteiger partial charge in [0.1, 0.15) is 0 Å². The fourth-order valence-electron chi connectivity index (χ4n) is 1.94. The smallest absolute Gasteiger partial charge is 0.289 e. The summed E-state index contributed by atoms with van der Waals surface area (Å²) in [6, 6.07) is 8.16. The van der Waals surface area contributed by atoms with Gasteiger partial charge in [0.05, 0.1) is 5.56 Å². The molecule has 2 rings (SSSR count). The van der Waals surface area contributed by atoms with Crippen molar-refractivity contribution in [1.29, 1.82) is 0 Å². The Kier molecular flexibility index (Phi) is 4.58. The molecule has 0 amide bonds. The van der Waals surface area contributed by atoms with Crippen LogP contribution in [-0.4, -0.2) is 5.78 Å². The first-order chi connectivity index (χ1) is 9.68. The van der Waals surface area contributed by atoms with Crippen molar-refractivity contribution in [3.8, 4) is 0 Å². The van der Waals surface area contributed by atoms with Crippen molar-refractivity contribution in [1.82, 2.24) is 0 Å². The number of rotatable bonds is 2. The van der Waals surface area contributed by atoms with E-state index in [-0.39, 0.29) is 11.3 Å². The fraction of sp³-hybridized carbons (Fsp3) is 0.133. The van der Waals surface area contributed by atoms with E-state index in [1.165, 1.54) is 13.0 Å². The molecule has 0 radical (unpaired) electrons. The van der Waals surface area contributed by atoms with Crippen LogP contribution < -0.4 is 0 Å². The van der Waals surface area contributed by atoms with Crippen LogP contribution in [0.5, 0.6) is 0 Å². The van der Waals surface area contributed by atoms with Crippen molar-refractivity contribution in [2.24, 2.45) is 0 Å². The van der Waals surface area contributed by atoms with Crippen molar-refractivity contribution >= 4 is 37.6 Å². The van der Waals surface area contributed by atoms with E-state index in [1.807, 2.05) is 0 Å². The zero-order valence-electron chi connectivity index (χ0n) is 10.8. The average Bonchev–Trinajstić information content (AvgIpc) is 2.35. The summed E-state index contributed by atoms with van der Waals surface area (Å²) in [5.41, 5.74) is 0.199. The molecule has 0 aliphatic carbocycles. The van der Waals surface area contributed by atoms with Gasteiger partial charge in [-0.05, 0) is 42.8 Å². The van der Waals surface area contributed by atoms with Crippen molar-refractivity contribution < 1.29 is 18.0 Å². The van der Waals surface area contributed by atoms with E-state index in [9.17, 15) is 18.0 Å². The van der Waals surface area contributed by atoms with Gasteiger partial charge in [-0.2, -0.15) is 13.2 Å². The zero-order chi connectivity index (χ0) is 15.8. The quantitative estimate of drug-likeness (QED) is 0.562. The van der Waals surface area contributed by atoms with E-state index in [1.54, 1.807) is 18.2 Å². The number of hydrogen-bond acceptors (Lipinski definition) is 1. The molecule has 0 aromatic heterocycles. The van der Waals surface area contributed by atoms with Crippen LogP contribution in [0, 0.1) is 6.92 Å². The molecule has 2 aromatic rings. The summed E-state index contributed by atoms with van der Waals surface area (Å²) >= 11 is 6.56. The first-order valence-corrected chi connectivity index (χ1v) is 7.46. The van der Waals surface area contributed by atoms with Crippen LogP contribution in [0.15, 0.2) is 45.3 Å². The minimum absolute atomic E-state index is 0.257. The normalized spacial score (nSPS) is 11.5. The van der Waals surface area contributed by atoms with Crippen LogP contribution in [0.2, 0.25) is 0 Å². The largest absolute Gasteiger partial charge is 0.416 e. The summed E-state index contributed by atoms with van der Waals surface area (Å²) in [6.07, 6.45) is -4.41. The number of benzene rings is 2. The van der Waals surface area contributed by atoms with Gasteiger partial charge in [-0.3, -0.25) is 4.79 Å². The maximum atomic E-state index is 12.6. The highest BCUT2D eigenvalue weighted by molar-refractivity contribution is 9.11. The molecule has 0 heterocycles. The van der Waals surface area contributed by atoms with Crippen LogP contribution >= 0.6 is 31.9 Å². The number of aryl methyl sites for hydroxylation is 1. The van der Waals surface area contributed by atoms with Crippen LogP contribution in [0.1, 0.15) is 27.0 Å². The molecule has 21 heavy (non-hydrogen) atoms. The fourth-order valence-corrected chi connectivity index (χ4v) is 3.23. The van der Waals surface area contributed by atoms with E-state index in [0.717, 1.165) is 12.1 Å². The monoisotopic (exact) mass is 420 g/mol. The third-order valence-electron chi connectivity index (χ3n) is 2.92. The van der Waals surface area contributed by atoms with Gasteiger partial charge >= 0.3 is 6.18 Å².